The standard InChI is InChI=1S/C21H28N4O6S/c1-15(2)24(3)32(29,30)18-8-5-16(6-9-18)14-23-21(26)17-7-10-19(22-11-12-31-4)20(13-17)25(27)28/h5-10,13,15,22H,11-12,14H2,1-4H3,(H,23,26). The minimum atomic E-state index is -3.59. The van der Waals surface area contributed by atoms with Gasteiger partial charge in [0.15, 0.2) is 0 Å². The summed E-state index contributed by atoms with van der Waals surface area (Å²) in [4.78, 5) is 23.4. The van der Waals surface area contributed by atoms with Crippen molar-refractivity contribution >= 4 is 27.3 Å². The van der Waals surface area contributed by atoms with Gasteiger partial charge in [0, 0.05) is 44.9 Å². The van der Waals surface area contributed by atoms with Crippen LogP contribution in [0.3, 0.4) is 0 Å². The molecule has 174 valence electrons. The molecule has 0 saturated carbocycles. The number of nitro benzene ring substituents is 1. The van der Waals surface area contributed by atoms with Crippen molar-refractivity contribution < 1.29 is 22.9 Å². The zero-order chi connectivity index (χ0) is 23.9. The van der Waals surface area contributed by atoms with Crippen molar-refractivity contribution in [2.45, 2.75) is 31.3 Å². The Bertz CT molecular complexity index is 1050. The van der Waals surface area contributed by atoms with Crippen LogP contribution in [-0.4, -0.2) is 56.9 Å². The number of amides is 1. The predicted octanol–water partition coefficient (Wildman–Crippen LogP) is 2.61. The first kappa shape index (κ1) is 25.2. The Morgan fingerprint density at radius 3 is 2.41 bits per heavy atom. The second-order valence-corrected chi connectivity index (χ2v) is 9.35. The highest BCUT2D eigenvalue weighted by Gasteiger charge is 2.23. The molecule has 0 aliphatic rings. The zero-order valence-corrected chi connectivity index (χ0v) is 19.3. The van der Waals surface area contributed by atoms with Crippen molar-refractivity contribution in [3.63, 3.8) is 0 Å². The number of methoxy groups -OCH3 is 1. The molecular weight excluding hydrogens is 436 g/mol. The maximum absolute atomic E-state index is 12.5. The molecule has 2 rings (SSSR count). The molecule has 32 heavy (non-hydrogen) atoms. The van der Waals surface area contributed by atoms with Crippen molar-refractivity contribution in [3.05, 3.63) is 63.7 Å². The van der Waals surface area contributed by atoms with Gasteiger partial charge >= 0.3 is 0 Å². The number of ether oxygens (including phenoxy) is 1. The molecule has 0 heterocycles. The summed E-state index contributed by atoms with van der Waals surface area (Å²) >= 11 is 0. The molecule has 2 aromatic rings. The van der Waals surface area contributed by atoms with Crippen LogP contribution in [0.5, 0.6) is 0 Å². The number of nitrogens with zero attached hydrogens (tertiary/aromatic N) is 2. The largest absolute Gasteiger partial charge is 0.383 e. The normalized spacial score (nSPS) is 11.6. The van der Waals surface area contributed by atoms with Crippen molar-refractivity contribution in [1.82, 2.24) is 9.62 Å². The maximum atomic E-state index is 12.5. The Labute approximate surface area is 187 Å². The lowest BCUT2D eigenvalue weighted by Gasteiger charge is -2.21. The molecule has 11 heteroatoms. The van der Waals surface area contributed by atoms with E-state index in [1.807, 2.05) is 0 Å². The average molecular weight is 465 g/mol. The van der Waals surface area contributed by atoms with Crippen LogP contribution in [0.1, 0.15) is 29.8 Å². The van der Waals surface area contributed by atoms with E-state index in [0.717, 1.165) is 0 Å². The fourth-order valence-electron chi connectivity index (χ4n) is 2.77. The van der Waals surface area contributed by atoms with Gasteiger partial charge in [-0.15, -0.1) is 0 Å². The first-order valence-corrected chi connectivity index (χ1v) is 11.4. The highest BCUT2D eigenvalue weighted by Crippen LogP contribution is 2.25. The summed E-state index contributed by atoms with van der Waals surface area (Å²) in [6.07, 6.45) is 0. The molecule has 0 aliphatic heterocycles. The third-order valence-corrected chi connectivity index (χ3v) is 6.91. The lowest BCUT2D eigenvalue weighted by molar-refractivity contribution is -0.384. The zero-order valence-electron chi connectivity index (χ0n) is 18.5. The summed E-state index contributed by atoms with van der Waals surface area (Å²) in [5.41, 5.74) is 0.924. The van der Waals surface area contributed by atoms with Gasteiger partial charge in [-0.1, -0.05) is 12.1 Å². The molecule has 1 amide bonds. The fraction of sp³-hybridized carbons (Fsp3) is 0.381. The molecule has 0 radical (unpaired) electrons. The minimum Gasteiger partial charge on any atom is -0.383 e. The quantitative estimate of drug-likeness (QED) is 0.297. The molecule has 2 aromatic carbocycles. The smallest absolute Gasteiger partial charge is 0.293 e. The second kappa shape index (κ2) is 11.0. The number of carbonyl (C=O) groups is 1. The number of nitro groups is 1. The minimum absolute atomic E-state index is 0.140. The van der Waals surface area contributed by atoms with Gasteiger partial charge in [-0.25, -0.2) is 8.42 Å². The molecule has 0 atom stereocenters. The van der Waals surface area contributed by atoms with Crippen LogP contribution >= 0.6 is 0 Å². The van der Waals surface area contributed by atoms with Gasteiger partial charge in [0.1, 0.15) is 5.69 Å². The van der Waals surface area contributed by atoms with Gasteiger partial charge in [-0.3, -0.25) is 14.9 Å². The van der Waals surface area contributed by atoms with E-state index in [-0.39, 0.29) is 28.7 Å². The third-order valence-electron chi connectivity index (χ3n) is 4.86. The van der Waals surface area contributed by atoms with Crippen LogP contribution in [0, 0.1) is 10.1 Å². The van der Waals surface area contributed by atoms with E-state index in [2.05, 4.69) is 10.6 Å². The first-order chi connectivity index (χ1) is 15.1. The number of anilines is 1. The van der Waals surface area contributed by atoms with Gasteiger partial charge in [0.25, 0.3) is 11.6 Å². The molecule has 0 aromatic heterocycles. The molecule has 0 spiro atoms. The monoisotopic (exact) mass is 464 g/mol. The van der Waals surface area contributed by atoms with Gasteiger partial charge in [-0.05, 0) is 43.7 Å². The molecule has 10 nitrogen and oxygen atoms in total. The molecule has 0 saturated heterocycles. The highest BCUT2D eigenvalue weighted by molar-refractivity contribution is 7.89. The number of benzene rings is 2. The van der Waals surface area contributed by atoms with E-state index >= 15 is 0 Å². The SMILES string of the molecule is COCCNc1ccc(C(=O)NCc2ccc(S(=O)(=O)N(C)C(C)C)cc2)cc1[N+](=O)[O-]. The summed E-state index contributed by atoms with van der Waals surface area (Å²) in [5.74, 6) is -0.479. The number of nitrogens with one attached hydrogen (secondary N) is 2. The molecular formula is C21H28N4O6S. The lowest BCUT2D eigenvalue weighted by atomic mass is 10.1. The van der Waals surface area contributed by atoms with E-state index in [1.54, 1.807) is 26.0 Å². The van der Waals surface area contributed by atoms with E-state index < -0.39 is 20.9 Å². The van der Waals surface area contributed by atoms with Crippen molar-refractivity contribution in [3.8, 4) is 0 Å². The number of hydrogen-bond donors (Lipinski definition) is 2. The highest BCUT2D eigenvalue weighted by atomic mass is 32.2. The molecule has 2 N–H and O–H groups in total. The third kappa shape index (κ3) is 6.25. The predicted molar refractivity (Wildman–Crippen MR) is 121 cm³/mol. The summed E-state index contributed by atoms with van der Waals surface area (Å²) in [7, 11) is -0.539. The van der Waals surface area contributed by atoms with Gasteiger partial charge in [0.2, 0.25) is 10.0 Å². The van der Waals surface area contributed by atoms with E-state index in [9.17, 15) is 23.3 Å². The Morgan fingerprint density at radius 1 is 1.19 bits per heavy atom. The number of hydrogen-bond acceptors (Lipinski definition) is 7. The van der Waals surface area contributed by atoms with Gasteiger partial charge < -0.3 is 15.4 Å². The van der Waals surface area contributed by atoms with E-state index in [4.69, 9.17) is 4.74 Å². The Hall–Kier alpha value is -3.02. The number of rotatable bonds is 11. The maximum Gasteiger partial charge on any atom is 0.293 e. The lowest BCUT2D eigenvalue weighted by Crippen LogP contribution is -2.33. The second-order valence-electron chi connectivity index (χ2n) is 7.35. The van der Waals surface area contributed by atoms with Gasteiger partial charge in [0.05, 0.1) is 16.4 Å². The van der Waals surface area contributed by atoms with Crippen molar-refractivity contribution in [2.75, 3.05) is 32.6 Å². The van der Waals surface area contributed by atoms with E-state index in [1.165, 1.54) is 48.8 Å². The Balaban J connectivity index is 2.07. The van der Waals surface area contributed by atoms with Crippen LogP contribution < -0.4 is 10.6 Å². The van der Waals surface area contributed by atoms with Crippen LogP contribution in [0.2, 0.25) is 0 Å². The number of carbonyl (C=O) groups excluding carboxylic acids is 1. The molecule has 0 unspecified atom stereocenters. The Kier molecular flexibility index (Phi) is 8.70. The summed E-state index contributed by atoms with van der Waals surface area (Å²) in [6, 6.07) is 10.2. The molecule has 0 fully saturated rings. The number of sulfonamides is 1. The van der Waals surface area contributed by atoms with Crippen LogP contribution in [0.4, 0.5) is 11.4 Å². The van der Waals surface area contributed by atoms with Crippen molar-refractivity contribution in [2.24, 2.45) is 0 Å². The Morgan fingerprint density at radius 2 is 1.84 bits per heavy atom. The molecule has 0 bridgehead atoms. The topological polar surface area (TPSA) is 131 Å². The van der Waals surface area contributed by atoms with E-state index in [0.29, 0.717) is 24.4 Å². The van der Waals surface area contributed by atoms with Gasteiger partial charge in [-0.2, -0.15) is 4.31 Å². The van der Waals surface area contributed by atoms with Crippen LogP contribution in [-0.2, 0) is 21.3 Å². The van der Waals surface area contributed by atoms with Crippen LogP contribution in [0.15, 0.2) is 47.4 Å². The van der Waals surface area contributed by atoms with Crippen molar-refractivity contribution in [1.29, 1.82) is 0 Å². The summed E-state index contributed by atoms with van der Waals surface area (Å²) in [6.45, 7) is 4.48. The first-order valence-electron chi connectivity index (χ1n) is 9.94. The average Bonchev–Trinajstić information content (AvgIpc) is 2.77. The summed E-state index contributed by atoms with van der Waals surface area (Å²) < 4.78 is 31.2. The molecule has 0 aliphatic carbocycles. The fourth-order valence-corrected chi connectivity index (χ4v) is 4.14. The summed E-state index contributed by atoms with van der Waals surface area (Å²) in [5, 5.41) is 17.0. The van der Waals surface area contributed by atoms with Crippen LogP contribution in [0.25, 0.3) is 0 Å².